The molecule has 0 bridgehead atoms. The zero-order chi connectivity index (χ0) is 22.7. The van der Waals surface area contributed by atoms with Crippen LogP contribution in [0.5, 0.6) is 11.5 Å². The molecule has 162 valence electrons. The third kappa shape index (κ3) is 4.76. The van der Waals surface area contributed by atoms with Crippen LogP contribution < -0.4 is 9.47 Å². The Hall–Kier alpha value is -3.62. The van der Waals surface area contributed by atoms with Crippen LogP contribution in [0.1, 0.15) is 27.2 Å². The minimum atomic E-state index is -1.63. The predicted octanol–water partition coefficient (Wildman–Crippen LogP) is 4.77. The minimum Gasteiger partial charge on any atom is -0.496 e. The number of aryl methyl sites for hydroxylation is 2. The number of carbonyl (C=O) groups excluding carboxylic acids is 1. The minimum absolute atomic E-state index is 0.102. The van der Waals surface area contributed by atoms with E-state index in [1.165, 1.54) is 17.9 Å². The standard InChI is InChI=1S/C22H18F4N2O3/c1-12-15(10-28(2)27-12)18(29)6-4-13-5-7-19(30-3)14(8-13)11-31-22-20(25)16(23)9-17(24)21(22)26/h4-10H,11H2,1-3H3/b6-4+. The SMILES string of the molecule is COc1ccc(/C=C/C(=O)c2cn(C)nc2C)cc1COc1c(F)c(F)cc(F)c1F. The van der Waals surface area contributed by atoms with Crippen LogP contribution in [0, 0.1) is 30.2 Å². The Morgan fingerprint density at radius 2 is 1.81 bits per heavy atom. The monoisotopic (exact) mass is 434 g/mol. The molecule has 0 aliphatic carbocycles. The number of carbonyl (C=O) groups is 1. The van der Waals surface area contributed by atoms with E-state index in [0.29, 0.717) is 28.1 Å². The molecule has 3 rings (SSSR count). The van der Waals surface area contributed by atoms with Crippen molar-refractivity contribution in [3.63, 3.8) is 0 Å². The maximum atomic E-state index is 13.8. The highest BCUT2D eigenvalue weighted by Crippen LogP contribution is 2.29. The van der Waals surface area contributed by atoms with Crippen molar-refractivity contribution in [2.75, 3.05) is 7.11 Å². The largest absolute Gasteiger partial charge is 0.496 e. The highest BCUT2D eigenvalue weighted by Gasteiger charge is 2.21. The summed E-state index contributed by atoms with van der Waals surface area (Å²) in [5, 5.41) is 4.12. The quantitative estimate of drug-likeness (QED) is 0.233. The molecule has 0 aliphatic rings. The molecule has 0 fully saturated rings. The van der Waals surface area contributed by atoms with Crippen molar-refractivity contribution in [1.82, 2.24) is 9.78 Å². The van der Waals surface area contributed by atoms with E-state index < -0.39 is 35.6 Å². The van der Waals surface area contributed by atoms with Gasteiger partial charge in [0, 0.05) is 24.9 Å². The number of aromatic nitrogens is 2. The first-order valence-electron chi connectivity index (χ1n) is 9.06. The predicted molar refractivity (Wildman–Crippen MR) is 105 cm³/mol. The van der Waals surface area contributed by atoms with Crippen LogP contribution in [-0.2, 0) is 13.7 Å². The van der Waals surface area contributed by atoms with Gasteiger partial charge in [0.25, 0.3) is 0 Å². The van der Waals surface area contributed by atoms with Gasteiger partial charge in [0.2, 0.25) is 11.6 Å². The van der Waals surface area contributed by atoms with Crippen LogP contribution in [0.4, 0.5) is 17.6 Å². The molecule has 0 saturated heterocycles. The third-order valence-corrected chi connectivity index (χ3v) is 4.45. The smallest absolute Gasteiger partial charge is 0.203 e. The molecule has 2 aromatic carbocycles. The van der Waals surface area contributed by atoms with Gasteiger partial charge in [-0.15, -0.1) is 0 Å². The van der Waals surface area contributed by atoms with Gasteiger partial charge in [0.05, 0.1) is 18.4 Å². The zero-order valence-electron chi connectivity index (χ0n) is 16.9. The Balaban J connectivity index is 1.83. The first kappa shape index (κ1) is 22.1. The van der Waals surface area contributed by atoms with Crippen molar-refractivity contribution in [3.05, 3.63) is 82.2 Å². The molecule has 0 N–H and O–H groups in total. The van der Waals surface area contributed by atoms with Gasteiger partial charge in [0.15, 0.2) is 23.2 Å². The Morgan fingerprint density at radius 1 is 1.13 bits per heavy atom. The van der Waals surface area contributed by atoms with Gasteiger partial charge in [-0.3, -0.25) is 9.48 Å². The lowest BCUT2D eigenvalue weighted by Crippen LogP contribution is -2.05. The lowest BCUT2D eigenvalue weighted by molar-refractivity contribution is 0.104. The molecule has 0 radical (unpaired) electrons. The summed E-state index contributed by atoms with van der Waals surface area (Å²) in [6, 6.07) is 4.89. The molecule has 0 amide bonds. The lowest BCUT2D eigenvalue weighted by atomic mass is 10.1. The van der Waals surface area contributed by atoms with Crippen molar-refractivity contribution in [1.29, 1.82) is 0 Å². The summed E-state index contributed by atoms with van der Waals surface area (Å²) in [7, 11) is 3.09. The van der Waals surface area contributed by atoms with Crippen LogP contribution in [0.3, 0.4) is 0 Å². The Morgan fingerprint density at radius 3 is 2.39 bits per heavy atom. The Labute approximate surface area is 175 Å². The summed E-state index contributed by atoms with van der Waals surface area (Å²) in [6.45, 7) is 1.29. The van der Waals surface area contributed by atoms with Crippen molar-refractivity contribution in [3.8, 4) is 11.5 Å². The maximum absolute atomic E-state index is 13.8. The topological polar surface area (TPSA) is 53.4 Å². The molecule has 1 aromatic heterocycles. The van der Waals surface area contributed by atoms with Gasteiger partial charge in [-0.25, -0.2) is 8.78 Å². The number of hydrogen-bond acceptors (Lipinski definition) is 4. The number of halogens is 4. The molecule has 3 aromatic rings. The highest BCUT2D eigenvalue weighted by molar-refractivity contribution is 6.07. The van der Waals surface area contributed by atoms with E-state index in [1.807, 2.05) is 0 Å². The number of nitrogens with zero attached hydrogens (tertiary/aromatic N) is 2. The second kappa shape index (κ2) is 9.03. The third-order valence-electron chi connectivity index (χ3n) is 4.45. The van der Waals surface area contributed by atoms with Gasteiger partial charge in [-0.1, -0.05) is 12.1 Å². The van der Waals surface area contributed by atoms with Crippen LogP contribution in [-0.4, -0.2) is 22.7 Å². The molecule has 0 atom stereocenters. The zero-order valence-corrected chi connectivity index (χ0v) is 16.9. The van der Waals surface area contributed by atoms with Gasteiger partial charge >= 0.3 is 0 Å². The second-order valence-corrected chi connectivity index (χ2v) is 6.66. The number of rotatable bonds is 7. The molecule has 0 aliphatic heterocycles. The second-order valence-electron chi connectivity index (χ2n) is 6.66. The van der Waals surface area contributed by atoms with E-state index in [2.05, 4.69) is 5.10 Å². The first-order valence-corrected chi connectivity index (χ1v) is 9.06. The fourth-order valence-corrected chi connectivity index (χ4v) is 2.95. The number of hydrogen-bond donors (Lipinski definition) is 0. The molecule has 31 heavy (non-hydrogen) atoms. The molecule has 9 heteroatoms. The number of methoxy groups -OCH3 is 1. The summed E-state index contributed by atoms with van der Waals surface area (Å²) in [6.07, 6.45) is 4.51. The molecule has 1 heterocycles. The molecule has 0 spiro atoms. The fraction of sp³-hybridized carbons (Fsp3) is 0.182. The van der Waals surface area contributed by atoms with E-state index in [1.54, 1.807) is 44.4 Å². The summed E-state index contributed by atoms with van der Waals surface area (Å²) < 4.78 is 66.1. The van der Waals surface area contributed by atoms with Crippen molar-refractivity contribution in [2.45, 2.75) is 13.5 Å². The summed E-state index contributed by atoms with van der Waals surface area (Å²) in [4.78, 5) is 12.4. The Bertz CT molecular complexity index is 1150. The molecule has 0 unspecified atom stereocenters. The fourth-order valence-electron chi connectivity index (χ4n) is 2.95. The van der Waals surface area contributed by atoms with E-state index >= 15 is 0 Å². The van der Waals surface area contributed by atoms with Gasteiger partial charge in [-0.05, 0) is 30.7 Å². The number of allylic oxidation sites excluding steroid dienone is 1. The number of ether oxygens (including phenoxy) is 2. The van der Waals surface area contributed by atoms with Gasteiger partial charge in [0.1, 0.15) is 12.4 Å². The van der Waals surface area contributed by atoms with Crippen molar-refractivity contribution < 1.29 is 31.8 Å². The highest BCUT2D eigenvalue weighted by atomic mass is 19.2. The Kier molecular flexibility index (Phi) is 6.43. The van der Waals surface area contributed by atoms with Crippen LogP contribution in [0.25, 0.3) is 6.08 Å². The number of benzene rings is 2. The van der Waals surface area contributed by atoms with Crippen LogP contribution >= 0.6 is 0 Å². The van der Waals surface area contributed by atoms with Crippen molar-refractivity contribution >= 4 is 11.9 Å². The number of ketones is 1. The van der Waals surface area contributed by atoms with E-state index in [0.717, 1.165) is 0 Å². The van der Waals surface area contributed by atoms with Crippen LogP contribution in [0.2, 0.25) is 0 Å². The normalized spacial score (nSPS) is 11.2. The first-order chi connectivity index (χ1) is 14.7. The maximum Gasteiger partial charge on any atom is 0.203 e. The molecule has 0 saturated carbocycles. The molecule has 5 nitrogen and oxygen atoms in total. The van der Waals surface area contributed by atoms with Crippen molar-refractivity contribution in [2.24, 2.45) is 7.05 Å². The van der Waals surface area contributed by atoms with E-state index in [4.69, 9.17) is 9.47 Å². The molecular formula is C22H18F4N2O3. The average molecular weight is 434 g/mol. The van der Waals surface area contributed by atoms with Gasteiger partial charge < -0.3 is 9.47 Å². The van der Waals surface area contributed by atoms with E-state index in [-0.39, 0.29) is 11.8 Å². The van der Waals surface area contributed by atoms with Crippen LogP contribution in [0.15, 0.2) is 36.5 Å². The summed E-state index contributed by atoms with van der Waals surface area (Å²) >= 11 is 0. The molecular weight excluding hydrogens is 416 g/mol. The van der Waals surface area contributed by atoms with Gasteiger partial charge in [-0.2, -0.15) is 13.9 Å². The average Bonchev–Trinajstić information content (AvgIpc) is 3.08. The van der Waals surface area contributed by atoms with E-state index in [9.17, 15) is 22.4 Å². The summed E-state index contributed by atoms with van der Waals surface area (Å²) in [5.74, 6) is -7.49. The lowest BCUT2D eigenvalue weighted by Gasteiger charge is -2.13. The summed E-state index contributed by atoms with van der Waals surface area (Å²) in [5.41, 5.74) is 1.96.